The molecule has 1 unspecified atom stereocenters. The van der Waals surface area contributed by atoms with Gasteiger partial charge in [-0.3, -0.25) is 10.1 Å². The van der Waals surface area contributed by atoms with Crippen molar-refractivity contribution < 1.29 is 14.8 Å². The highest BCUT2D eigenvalue weighted by Gasteiger charge is 2.23. The maximum atomic E-state index is 11.0. The smallest absolute Gasteiger partial charge is 0.354 e. The molecule has 8 heteroatoms. The highest BCUT2D eigenvalue weighted by atomic mass is 32.2. The Hall–Kier alpha value is -1.83. The van der Waals surface area contributed by atoms with E-state index in [-0.39, 0.29) is 23.2 Å². The largest absolute Gasteiger partial charge is 0.477 e. The Morgan fingerprint density at radius 3 is 2.74 bits per heavy atom. The van der Waals surface area contributed by atoms with Gasteiger partial charge >= 0.3 is 11.7 Å². The summed E-state index contributed by atoms with van der Waals surface area (Å²) in [4.78, 5) is 26.8. The molecular formula is C11H15N3O4S. The fourth-order valence-corrected chi connectivity index (χ4v) is 2.23. The summed E-state index contributed by atoms with van der Waals surface area (Å²) in [5.74, 6) is -0.374. The molecule has 19 heavy (non-hydrogen) atoms. The molecule has 104 valence electrons. The zero-order valence-electron chi connectivity index (χ0n) is 10.9. The number of nitrogens with zero attached hydrogens (tertiary/aromatic N) is 3. The lowest BCUT2D eigenvalue weighted by atomic mass is 10.2. The molecule has 0 bridgehead atoms. The second-order valence-electron chi connectivity index (χ2n) is 4.02. The van der Waals surface area contributed by atoms with Crippen molar-refractivity contribution in [3.63, 3.8) is 0 Å². The molecule has 0 amide bonds. The Bertz CT molecular complexity index is 495. The van der Waals surface area contributed by atoms with E-state index in [1.165, 1.54) is 6.07 Å². The molecule has 0 spiro atoms. The van der Waals surface area contributed by atoms with E-state index >= 15 is 0 Å². The number of aromatic nitrogens is 1. The number of carbonyl (C=O) groups is 1. The molecule has 1 heterocycles. The normalized spacial score (nSPS) is 11.9. The van der Waals surface area contributed by atoms with Gasteiger partial charge in [-0.15, -0.1) is 0 Å². The van der Waals surface area contributed by atoms with Crippen LogP contribution in [0.15, 0.2) is 12.1 Å². The maximum Gasteiger partial charge on any atom is 0.354 e. The Balaban J connectivity index is 3.24. The number of thioether (sulfide) groups is 1. The predicted octanol–water partition coefficient (Wildman–Crippen LogP) is 1.88. The number of hydrogen-bond acceptors (Lipinski definition) is 6. The van der Waals surface area contributed by atoms with E-state index in [9.17, 15) is 14.9 Å². The van der Waals surface area contributed by atoms with Gasteiger partial charge in [-0.05, 0) is 19.2 Å². The summed E-state index contributed by atoms with van der Waals surface area (Å²) in [7, 11) is 1.67. The van der Waals surface area contributed by atoms with Crippen LogP contribution in [-0.2, 0) is 0 Å². The molecule has 1 aromatic rings. The first-order valence-corrected chi connectivity index (χ1v) is 6.88. The Labute approximate surface area is 114 Å². The van der Waals surface area contributed by atoms with E-state index in [4.69, 9.17) is 5.11 Å². The molecule has 0 saturated heterocycles. The average molecular weight is 285 g/mol. The molecule has 0 aromatic carbocycles. The highest BCUT2D eigenvalue weighted by Crippen LogP contribution is 2.27. The van der Waals surface area contributed by atoms with Crippen LogP contribution in [0.1, 0.15) is 17.4 Å². The minimum atomic E-state index is -1.21. The van der Waals surface area contributed by atoms with Crippen LogP contribution in [0.4, 0.5) is 11.5 Å². The third kappa shape index (κ3) is 3.57. The lowest BCUT2D eigenvalue weighted by Crippen LogP contribution is -2.32. The van der Waals surface area contributed by atoms with Crippen LogP contribution in [0.2, 0.25) is 0 Å². The summed E-state index contributed by atoms with van der Waals surface area (Å²) < 4.78 is 0. The monoisotopic (exact) mass is 285 g/mol. The number of aromatic carboxylic acids is 1. The third-order valence-corrected chi connectivity index (χ3v) is 3.49. The topological polar surface area (TPSA) is 96.6 Å². The van der Waals surface area contributed by atoms with Crippen molar-refractivity contribution in [2.24, 2.45) is 0 Å². The first-order valence-electron chi connectivity index (χ1n) is 5.49. The van der Waals surface area contributed by atoms with Crippen LogP contribution < -0.4 is 4.90 Å². The minimum Gasteiger partial charge on any atom is -0.477 e. The van der Waals surface area contributed by atoms with Gasteiger partial charge in [-0.1, -0.05) is 0 Å². The van der Waals surface area contributed by atoms with E-state index in [1.54, 1.807) is 23.7 Å². The number of carboxylic acid groups (broad SMARTS) is 1. The molecular weight excluding hydrogens is 270 g/mol. The molecule has 1 atom stereocenters. The molecule has 7 nitrogen and oxygen atoms in total. The summed E-state index contributed by atoms with van der Waals surface area (Å²) >= 11 is 1.60. The van der Waals surface area contributed by atoms with Gasteiger partial charge in [-0.25, -0.2) is 9.78 Å². The van der Waals surface area contributed by atoms with Gasteiger partial charge in [0, 0.05) is 24.9 Å². The summed E-state index contributed by atoms with van der Waals surface area (Å²) in [6.07, 6.45) is 1.93. The number of carboxylic acids is 1. The quantitative estimate of drug-likeness (QED) is 0.629. The van der Waals surface area contributed by atoms with Crippen LogP contribution in [0, 0.1) is 10.1 Å². The standard InChI is InChI=1S/C11H15N3O4S/c1-7(6-19-3)13(2)10-9(14(17)18)5-4-8(12-10)11(15)16/h4-5,7H,6H2,1-3H3,(H,15,16). The van der Waals surface area contributed by atoms with Crippen LogP contribution >= 0.6 is 11.8 Å². The molecule has 1 aromatic heterocycles. The summed E-state index contributed by atoms with van der Waals surface area (Å²) in [6.45, 7) is 1.90. The van der Waals surface area contributed by atoms with Crippen molar-refractivity contribution in [3.05, 3.63) is 27.9 Å². The number of rotatable bonds is 6. The Morgan fingerprint density at radius 1 is 1.63 bits per heavy atom. The molecule has 1 N–H and O–H groups in total. The number of anilines is 1. The van der Waals surface area contributed by atoms with Crippen LogP contribution in [0.5, 0.6) is 0 Å². The van der Waals surface area contributed by atoms with Crippen LogP contribution in [0.25, 0.3) is 0 Å². The molecule has 1 rings (SSSR count). The lowest BCUT2D eigenvalue weighted by molar-refractivity contribution is -0.384. The van der Waals surface area contributed by atoms with Crippen molar-refractivity contribution in [2.75, 3.05) is 24.0 Å². The van der Waals surface area contributed by atoms with Crippen molar-refractivity contribution in [1.82, 2.24) is 4.98 Å². The van der Waals surface area contributed by atoms with Crippen LogP contribution in [0.3, 0.4) is 0 Å². The second-order valence-corrected chi connectivity index (χ2v) is 4.93. The summed E-state index contributed by atoms with van der Waals surface area (Å²) in [6, 6.07) is 2.32. The van der Waals surface area contributed by atoms with Gasteiger partial charge < -0.3 is 10.0 Å². The van der Waals surface area contributed by atoms with Gasteiger partial charge in [-0.2, -0.15) is 11.8 Å². The van der Waals surface area contributed by atoms with Gasteiger partial charge in [0.2, 0.25) is 5.82 Å². The fraction of sp³-hybridized carbons (Fsp3) is 0.455. The lowest BCUT2D eigenvalue weighted by Gasteiger charge is -2.25. The van der Waals surface area contributed by atoms with Gasteiger partial charge in [0.15, 0.2) is 5.69 Å². The zero-order valence-corrected chi connectivity index (χ0v) is 11.7. The van der Waals surface area contributed by atoms with Gasteiger partial charge in [0.05, 0.1) is 4.92 Å². The first-order chi connectivity index (χ1) is 8.88. The van der Waals surface area contributed by atoms with E-state index in [2.05, 4.69) is 4.98 Å². The van der Waals surface area contributed by atoms with Crippen molar-refractivity contribution in [2.45, 2.75) is 13.0 Å². The van der Waals surface area contributed by atoms with E-state index < -0.39 is 10.9 Å². The first kappa shape index (κ1) is 15.2. The fourth-order valence-electron chi connectivity index (χ4n) is 1.52. The van der Waals surface area contributed by atoms with Crippen LogP contribution in [-0.4, -0.2) is 46.1 Å². The SMILES string of the molecule is CSCC(C)N(C)c1nc(C(=O)O)ccc1[N+](=O)[O-]. The molecule has 0 aliphatic heterocycles. The third-order valence-electron chi connectivity index (χ3n) is 2.67. The van der Waals surface area contributed by atoms with E-state index in [0.29, 0.717) is 0 Å². The molecule has 0 aliphatic carbocycles. The van der Waals surface area contributed by atoms with Crippen molar-refractivity contribution in [3.8, 4) is 0 Å². The zero-order chi connectivity index (χ0) is 14.6. The predicted molar refractivity (Wildman–Crippen MR) is 74.1 cm³/mol. The Kier molecular flexibility index (Phi) is 5.11. The Morgan fingerprint density at radius 2 is 2.26 bits per heavy atom. The van der Waals surface area contributed by atoms with Gasteiger partial charge in [0.25, 0.3) is 0 Å². The second kappa shape index (κ2) is 6.37. The molecule has 0 aliphatic rings. The number of hydrogen-bond donors (Lipinski definition) is 1. The van der Waals surface area contributed by atoms with E-state index in [1.807, 2.05) is 13.2 Å². The average Bonchev–Trinajstić information content (AvgIpc) is 2.37. The molecule has 0 fully saturated rings. The number of nitro groups is 1. The highest BCUT2D eigenvalue weighted by molar-refractivity contribution is 7.98. The summed E-state index contributed by atoms with van der Waals surface area (Å²) in [5.41, 5.74) is -0.399. The molecule has 0 saturated carbocycles. The van der Waals surface area contributed by atoms with Crippen molar-refractivity contribution in [1.29, 1.82) is 0 Å². The summed E-state index contributed by atoms with van der Waals surface area (Å²) in [5, 5.41) is 19.9. The van der Waals surface area contributed by atoms with Crippen molar-refractivity contribution >= 4 is 29.2 Å². The minimum absolute atomic E-state index is 0.00486. The molecule has 0 radical (unpaired) electrons. The van der Waals surface area contributed by atoms with Gasteiger partial charge in [0.1, 0.15) is 0 Å². The maximum absolute atomic E-state index is 11.0. The van der Waals surface area contributed by atoms with E-state index in [0.717, 1.165) is 11.8 Å². The number of pyridine rings is 1.